The SMILES string of the molecule is [2H]C([2H])([2H])C(OC(=O)Nc1c(C)cc(C)cc1C)(C([2H])([2H])[2H])C([2H])([2H])[2H]. The Morgan fingerprint density at radius 1 is 1.24 bits per heavy atom. The monoisotopic (exact) mass is 244 g/mol. The molecule has 1 aromatic carbocycles. The van der Waals surface area contributed by atoms with Crippen molar-refractivity contribution in [3.05, 3.63) is 28.8 Å². The number of rotatable bonds is 1. The summed E-state index contributed by atoms with van der Waals surface area (Å²) < 4.78 is 71.6. The minimum atomic E-state index is -3.66. The van der Waals surface area contributed by atoms with E-state index in [1.807, 2.05) is 6.92 Å². The Morgan fingerprint density at radius 3 is 2.24 bits per heavy atom. The lowest BCUT2D eigenvalue weighted by Crippen LogP contribution is -2.27. The maximum absolute atomic E-state index is 12.3. The highest BCUT2D eigenvalue weighted by molar-refractivity contribution is 5.87. The zero-order chi connectivity index (χ0) is 20.7. The van der Waals surface area contributed by atoms with Crippen LogP contribution in [-0.4, -0.2) is 11.7 Å². The second-order valence-corrected chi connectivity index (χ2v) is 3.97. The van der Waals surface area contributed by atoms with Crippen LogP contribution in [0.2, 0.25) is 0 Å². The van der Waals surface area contributed by atoms with Crippen molar-refractivity contribution in [2.75, 3.05) is 5.32 Å². The Bertz CT molecular complexity index is 630. The fourth-order valence-electron chi connectivity index (χ4n) is 1.64. The third-order valence-electron chi connectivity index (χ3n) is 2.15. The second-order valence-electron chi connectivity index (χ2n) is 3.97. The summed E-state index contributed by atoms with van der Waals surface area (Å²) >= 11 is 0. The molecule has 0 bridgehead atoms. The van der Waals surface area contributed by atoms with Gasteiger partial charge in [-0.2, -0.15) is 0 Å². The molecule has 0 spiro atoms. The molecule has 0 aromatic heterocycles. The summed E-state index contributed by atoms with van der Waals surface area (Å²) in [6.45, 7) is -5.64. The van der Waals surface area contributed by atoms with Crippen molar-refractivity contribution >= 4 is 11.8 Å². The highest BCUT2D eigenvalue weighted by Gasteiger charge is 2.17. The van der Waals surface area contributed by atoms with Gasteiger partial charge in [0.25, 0.3) is 0 Å². The number of amides is 1. The number of hydrogen-bond acceptors (Lipinski definition) is 2. The molecule has 1 rings (SSSR count). The summed E-state index contributed by atoms with van der Waals surface area (Å²) in [5.41, 5.74) is -1.20. The van der Waals surface area contributed by atoms with Crippen LogP contribution in [0, 0.1) is 20.8 Å². The van der Waals surface area contributed by atoms with E-state index in [1.165, 1.54) is 0 Å². The average Bonchev–Trinajstić information content (AvgIpc) is 2.35. The number of ether oxygens (including phenoxy) is 1. The van der Waals surface area contributed by atoms with Crippen molar-refractivity contribution < 1.29 is 21.9 Å². The van der Waals surface area contributed by atoms with Gasteiger partial charge >= 0.3 is 6.09 Å². The summed E-state index contributed by atoms with van der Waals surface area (Å²) in [5, 5.41) is 2.27. The van der Waals surface area contributed by atoms with Gasteiger partial charge in [0.15, 0.2) is 0 Å². The quantitative estimate of drug-likeness (QED) is 0.812. The molecule has 0 aliphatic heterocycles. The summed E-state index contributed by atoms with van der Waals surface area (Å²) in [6, 6.07) is 3.49. The van der Waals surface area contributed by atoms with Gasteiger partial charge in [0.1, 0.15) is 5.60 Å². The van der Waals surface area contributed by atoms with E-state index in [0.717, 1.165) is 5.56 Å². The molecule has 0 heterocycles. The third kappa shape index (κ3) is 4.10. The molecule has 1 aromatic rings. The maximum atomic E-state index is 12.3. The lowest BCUT2D eigenvalue weighted by molar-refractivity contribution is 0.0635. The standard InChI is InChI=1S/C14H21NO2/c1-9-7-10(2)12(11(3)8-9)15-13(16)17-14(4,5)6/h7-8H,1-6H3,(H,15,16)/i4D3,5D3,6D3. The van der Waals surface area contributed by atoms with Gasteiger partial charge < -0.3 is 4.74 Å². The predicted molar refractivity (Wildman–Crippen MR) is 70.5 cm³/mol. The summed E-state index contributed by atoms with van der Waals surface area (Å²) in [5.74, 6) is 0. The van der Waals surface area contributed by atoms with Crippen molar-refractivity contribution in [2.45, 2.75) is 46.9 Å². The van der Waals surface area contributed by atoms with Gasteiger partial charge in [0.05, 0.1) is 0 Å². The Balaban J connectivity index is 3.36. The van der Waals surface area contributed by atoms with Gasteiger partial charge in [-0.3, -0.25) is 5.32 Å². The summed E-state index contributed by atoms with van der Waals surface area (Å²) in [4.78, 5) is 12.3. The fourth-order valence-corrected chi connectivity index (χ4v) is 1.64. The van der Waals surface area contributed by atoms with Gasteiger partial charge in [-0.25, -0.2) is 4.79 Å². The van der Waals surface area contributed by atoms with E-state index in [9.17, 15) is 4.79 Å². The van der Waals surface area contributed by atoms with Crippen LogP contribution < -0.4 is 5.32 Å². The number of hydrogen-bond donors (Lipinski definition) is 1. The van der Waals surface area contributed by atoms with E-state index in [4.69, 9.17) is 12.3 Å². The minimum absolute atomic E-state index is 0.288. The molecule has 0 saturated carbocycles. The molecule has 0 aliphatic rings. The van der Waals surface area contributed by atoms with E-state index in [-0.39, 0.29) is 5.69 Å². The highest BCUT2D eigenvalue weighted by atomic mass is 16.6. The topological polar surface area (TPSA) is 38.3 Å². The highest BCUT2D eigenvalue weighted by Crippen LogP contribution is 2.22. The normalized spacial score (nSPS) is 21.2. The first kappa shape index (κ1) is 5.42. The molecular weight excluding hydrogens is 214 g/mol. The molecule has 3 nitrogen and oxygen atoms in total. The van der Waals surface area contributed by atoms with Crippen molar-refractivity contribution in [3.63, 3.8) is 0 Å². The first-order chi connectivity index (χ1) is 11.4. The molecular formula is C14H21NO2. The molecule has 94 valence electrons. The zero-order valence-electron chi connectivity index (χ0n) is 19.0. The first-order valence-electron chi connectivity index (χ1n) is 9.52. The molecule has 0 radical (unpaired) electrons. The predicted octanol–water partition coefficient (Wildman–Crippen LogP) is 3.96. The van der Waals surface area contributed by atoms with Crippen LogP contribution >= 0.6 is 0 Å². The summed E-state index contributed by atoms with van der Waals surface area (Å²) in [6.07, 6.45) is -1.47. The average molecular weight is 244 g/mol. The molecule has 0 aliphatic carbocycles. The maximum Gasteiger partial charge on any atom is 0.412 e. The number of benzene rings is 1. The molecule has 17 heavy (non-hydrogen) atoms. The van der Waals surface area contributed by atoms with E-state index >= 15 is 0 Å². The number of anilines is 1. The zero-order valence-corrected chi connectivity index (χ0v) is 9.97. The van der Waals surface area contributed by atoms with Crippen LogP contribution in [0.1, 0.15) is 49.6 Å². The van der Waals surface area contributed by atoms with Crippen LogP contribution in [0.25, 0.3) is 0 Å². The Hall–Kier alpha value is -1.51. The van der Waals surface area contributed by atoms with Gasteiger partial charge in [-0.05, 0) is 52.5 Å². The van der Waals surface area contributed by atoms with Crippen molar-refractivity contribution in [3.8, 4) is 0 Å². The van der Waals surface area contributed by atoms with E-state index < -0.39 is 32.2 Å². The molecule has 1 N–H and O–H groups in total. The van der Waals surface area contributed by atoms with Crippen LogP contribution in [0.5, 0.6) is 0 Å². The molecule has 1 amide bonds. The van der Waals surface area contributed by atoms with Gasteiger partial charge in [0, 0.05) is 18.0 Å². The first-order valence-corrected chi connectivity index (χ1v) is 5.02. The molecule has 3 heteroatoms. The smallest absolute Gasteiger partial charge is 0.412 e. The number of aryl methyl sites for hydroxylation is 3. The number of carbonyl (C=O) groups excluding carboxylic acids is 1. The Labute approximate surface area is 116 Å². The molecule has 0 atom stereocenters. The van der Waals surface area contributed by atoms with Crippen molar-refractivity contribution in [2.24, 2.45) is 0 Å². The lowest BCUT2D eigenvalue weighted by Gasteiger charge is -2.21. The van der Waals surface area contributed by atoms with Crippen molar-refractivity contribution in [1.29, 1.82) is 0 Å². The number of carbonyl (C=O) groups is 1. The van der Waals surface area contributed by atoms with Gasteiger partial charge in [-0.1, -0.05) is 17.7 Å². The molecule has 0 saturated heterocycles. The minimum Gasteiger partial charge on any atom is -0.444 e. The Kier molecular flexibility index (Phi) is 1.52. The van der Waals surface area contributed by atoms with E-state index in [1.54, 1.807) is 26.0 Å². The fraction of sp³-hybridized carbons (Fsp3) is 0.500. The van der Waals surface area contributed by atoms with Crippen LogP contribution in [0.15, 0.2) is 12.1 Å². The van der Waals surface area contributed by atoms with Crippen molar-refractivity contribution in [1.82, 2.24) is 0 Å². The van der Waals surface area contributed by atoms with Gasteiger partial charge in [-0.15, -0.1) is 0 Å². The molecule has 0 fully saturated rings. The second kappa shape index (κ2) is 4.78. The lowest BCUT2D eigenvalue weighted by atomic mass is 10.1. The third-order valence-corrected chi connectivity index (χ3v) is 2.15. The van der Waals surface area contributed by atoms with Gasteiger partial charge in [0.2, 0.25) is 0 Å². The Morgan fingerprint density at radius 2 is 1.76 bits per heavy atom. The number of nitrogens with one attached hydrogen (secondary N) is 1. The van der Waals surface area contributed by atoms with E-state index in [2.05, 4.69) is 10.1 Å². The van der Waals surface area contributed by atoms with Crippen LogP contribution in [0.3, 0.4) is 0 Å². The summed E-state index contributed by atoms with van der Waals surface area (Å²) in [7, 11) is 0. The largest absolute Gasteiger partial charge is 0.444 e. The molecule has 0 unspecified atom stereocenters. The van der Waals surface area contributed by atoms with Crippen LogP contribution in [-0.2, 0) is 4.74 Å². The van der Waals surface area contributed by atoms with E-state index in [0.29, 0.717) is 11.1 Å². The van der Waals surface area contributed by atoms with Crippen LogP contribution in [0.4, 0.5) is 10.5 Å².